The third-order valence-electron chi connectivity index (χ3n) is 1.49. The lowest BCUT2D eigenvalue weighted by molar-refractivity contribution is 0.695. The van der Waals surface area contributed by atoms with Crippen LogP contribution in [0.3, 0.4) is 0 Å². The lowest BCUT2D eigenvalue weighted by Crippen LogP contribution is -2.21. The smallest absolute Gasteiger partial charge is 0.0538 e. The van der Waals surface area contributed by atoms with Crippen molar-refractivity contribution in [2.75, 3.05) is 13.1 Å². The molecule has 4 heteroatoms. The Kier molecular flexibility index (Phi) is 3.50. The van der Waals surface area contributed by atoms with E-state index in [1.807, 2.05) is 12.4 Å². The normalized spacial score (nSPS) is 10.1. The van der Waals surface area contributed by atoms with E-state index in [9.17, 15) is 0 Å². The first-order valence-corrected chi connectivity index (χ1v) is 3.93. The Morgan fingerprint density at radius 2 is 2.58 bits per heavy atom. The van der Waals surface area contributed by atoms with Gasteiger partial charge in [0.2, 0.25) is 0 Å². The van der Waals surface area contributed by atoms with Gasteiger partial charge in [-0.25, -0.2) is 4.68 Å². The third kappa shape index (κ3) is 2.48. The Balaban J connectivity index is 2.36. The molecule has 0 saturated carbocycles. The summed E-state index contributed by atoms with van der Waals surface area (Å²) in [5.41, 5.74) is 6.47. The Bertz CT molecular complexity index is 241. The Morgan fingerprint density at radius 1 is 1.75 bits per heavy atom. The zero-order chi connectivity index (χ0) is 8.81. The highest BCUT2D eigenvalue weighted by molar-refractivity contribution is 5.17. The summed E-state index contributed by atoms with van der Waals surface area (Å²) >= 11 is 0. The van der Waals surface area contributed by atoms with Crippen LogP contribution in [0.15, 0.2) is 19.0 Å². The molecule has 0 radical (unpaired) electrons. The molecule has 0 spiro atoms. The number of aromatic nitrogens is 2. The molecule has 0 saturated heterocycles. The lowest BCUT2D eigenvalue weighted by atomic mass is 10.3. The van der Waals surface area contributed by atoms with E-state index in [2.05, 4.69) is 17.0 Å². The Morgan fingerprint density at radius 3 is 3.17 bits per heavy atom. The molecule has 12 heavy (non-hydrogen) atoms. The second-order valence-electron chi connectivity index (χ2n) is 2.48. The molecule has 0 aromatic carbocycles. The monoisotopic (exact) mass is 166 g/mol. The zero-order valence-electron chi connectivity index (χ0n) is 7.03. The summed E-state index contributed by atoms with van der Waals surface area (Å²) < 4.78 is 1.68. The summed E-state index contributed by atoms with van der Waals surface area (Å²) in [5, 5.41) is 7.22. The molecule has 1 heterocycles. The SMILES string of the molecule is C=Cn1cc(CNCCN)cn1. The molecule has 0 atom stereocenters. The third-order valence-corrected chi connectivity index (χ3v) is 1.49. The van der Waals surface area contributed by atoms with E-state index in [4.69, 9.17) is 5.73 Å². The van der Waals surface area contributed by atoms with Crippen LogP contribution in [0.1, 0.15) is 5.56 Å². The molecule has 0 aliphatic carbocycles. The van der Waals surface area contributed by atoms with E-state index in [0.717, 1.165) is 18.7 Å². The van der Waals surface area contributed by atoms with Crippen LogP contribution in [-0.2, 0) is 6.54 Å². The van der Waals surface area contributed by atoms with E-state index >= 15 is 0 Å². The van der Waals surface area contributed by atoms with Crippen LogP contribution in [0.2, 0.25) is 0 Å². The van der Waals surface area contributed by atoms with Crippen molar-refractivity contribution in [3.8, 4) is 0 Å². The van der Waals surface area contributed by atoms with E-state index in [0.29, 0.717) is 6.54 Å². The van der Waals surface area contributed by atoms with Crippen molar-refractivity contribution in [1.82, 2.24) is 15.1 Å². The minimum atomic E-state index is 0.662. The summed E-state index contributed by atoms with van der Waals surface area (Å²) in [7, 11) is 0. The van der Waals surface area contributed by atoms with E-state index < -0.39 is 0 Å². The number of hydrogen-bond donors (Lipinski definition) is 2. The van der Waals surface area contributed by atoms with Crippen molar-refractivity contribution in [2.45, 2.75) is 6.54 Å². The average molecular weight is 166 g/mol. The van der Waals surface area contributed by atoms with Crippen molar-refractivity contribution >= 4 is 6.20 Å². The fourth-order valence-corrected chi connectivity index (χ4v) is 0.903. The van der Waals surface area contributed by atoms with Crippen LogP contribution in [0.4, 0.5) is 0 Å². The molecule has 0 unspecified atom stereocenters. The minimum absolute atomic E-state index is 0.662. The van der Waals surface area contributed by atoms with Crippen molar-refractivity contribution < 1.29 is 0 Å². The molecule has 0 aliphatic rings. The summed E-state index contributed by atoms with van der Waals surface area (Å²) in [6.45, 7) is 5.91. The number of nitrogens with two attached hydrogens (primary N) is 1. The van der Waals surface area contributed by atoms with Crippen molar-refractivity contribution in [3.05, 3.63) is 24.5 Å². The summed E-state index contributed by atoms with van der Waals surface area (Å²) in [5.74, 6) is 0. The first-order chi connectivity index (χ1) is 5.86. The molecule has 1 aromatic heterocycles. The van der Waals surface area contributed by atoms with Crippen LogP contribution in [0.25, 0.3) is 6.20 Å². The molecule has 4 nitrogen and oxygen atoms in total. The first-order valence-electron chi connectivity index (χ1n) is 3.93. The number of nitrogens with one attached hydrogen (secondary N) is 1. The molecule has 1 aromatic rings. The predicted octanol–water partition coefficient (Wildman–Crippen LogP) is 0.0319. The maximum atomic E-state index is 5.32. The fourth-order valence-electron chi connectivity index (χ4n) is 0.903. The topological polar surface area (TPSA) is 55.9 Å². The number of rotatable bonds is 5. The molecular weight excluding hydrogens is 152 g/mol. The number of nitrogens with zero attached hydrogens (tertiary/aromatic N) is 2. The van der Waals surface area contributed by atoms with Crippen LogP contribution in [-0.4, -0.2) is 22.9 Å². The van der Waals surface area contributed by atoms with E-state index in [-0.39, 0.29) is 0 Å². The quantitative estimate of drug-likeness (QED) is 0.607. The summed E-state index contributed by atoms with van der Waals surface area (Å²) in [6, 6.07) is 0. The van der Waals surface area contributed by atoms with Gasteiger partial charge in [-0.15, -0.1) is 0 Å². The van der Waals surface area contributed by atoms with Crippen LogP contribution in [0, 0.1) is 0 Å². The van der Waals surface area contributed by atoms with Gasteiger partial charge in [0.25, 0.3) is 0 Å². The molecule has 0 amide bonds. The van der Waals surface area contributed by atoms with Gasteiger partial charge in [0, 0.05) is 37.6 Å². The lowest BCUT2D eigenvalue weighted by Gasteiger charge is -1.97. The summed E-state index contributed by atoms with van der Waals surface area (Å²) in [6.07, 6.45) is 5.40. The van der Waals surface area contributed by atoms with Gasteiger partial charge in [-0.05, 0) is 0 Å². The van der Waals surface area contributed by atoms with Crippen LogP contribution < -0.4 is 11.1 Å². The van der Waals surface area contributed by atoms with Crippen molar-refractivity contribution in [1.29, 1.82) is 0 Å². The molecule has 3 N–H and O–H groups in total. The van der Waals surface area contributed by atoms with Crippen LogP contribution in [0.5, 0.6) is 0 Å². The van der Waals surface area contributed by atoms with Gasteiger partial charge in [-0.1, -0.05) is 6.58 Å². The van der Waals surface area contributed by atoms with Crippen molar-refractivity contribution in [2.24, 2.45) is 5.73 Å². The molecule has 0 aliphatic heterocycles. The molecule has 66 valence electrons. The Hall–Kier alpha value is -1.13. The highest BCUT2D eigenvalue weighted by Crippen LogP contribution is 1.96. The molecule has 0 fully saturated rings. The highest BCUT2D eigenvalue weighted by atomic mass is 15.2. The van der Waals surface area contributed by atoms with Gasteiger partial charge in [-0.3, -0.25) is 0 Å². The molecular formula is C8H14N4. The van der Waals surface area contributed by atoms with Gasteiger partial charge in [-0.2, -0.15) is 5.10 Å². The fraction of sp³-hybridized carbons (Fsp3) is 0.375. The van der Waals surface area contributed by atoms with E-state index in [1.54, 1.807) is 10.9 Å². The van der Waals surface area contributed by atoms with Gasteiger partial charge >= 0.3 is 0 Å². The van der Waals surface area contributed by atoms with Crippen molar-refractivity contribution in [3.63, 3.8) is 0 Å². The predicted molar refractivity (Wildman–Crippen MR) is 49.4 cm³/mol. The largest absolute Gasteiger partial charge is 0.329 e. The van der Waals surface area contributed by atoms with Gasteiger partial charge in [0.15, 0.2) is 0 Å². The minimum Gasteiger partial charge on any atom is -0.329 e. The van der Waals surface area contributed by atoms with E-state index in [1.165, 1.54) is 0 Å². The second-order valence-corrected chi connectivity index (χ2v) is 2.48. The Labute approximate surface area is 72.1 Å². The maximum Gasteiger partial charge on any atom is 0.0538 e. The standard InChI is InChI=1S/C8H14N4/c1-2-12-7-8(6-11-12)5-10-4-3-9/h2,6-7,10H,1,3-5,9H2. The highest BCUT2D eigenvalue weighted by Gasteiger charge is 1.94. The van der Waals surface area contributed by atoms with Crippen LogP contribution >= 0.6 is 0 Å². The van der Waals surface area contributed by atoms with Gasteiger partial charge in [0.05, 0.1) is 6.20 Å². The first kappa shape index (κ1) is 8.96. The van der Waals surface area contributed by atoms with Gasteiger partial charge in [0.1, 0.15) is 0 Å². The zero-order valence-corrected chi connectivity index (χ0v) is 7.03. The maximum absolute atomic E-state index is 5.32. The second kappa shape index (κ2) is 4.69. The summed E-state index contributed by atoms with van der Waals surface area (Å²) in [4.78, 5) is 0. The number of hydrogen-bond acceptors (Lipinski definition) is 3. The molecule has 0 bridgehead atoms. The average Bonchev–Trinajstić information content (AvgIpc) is 2.53. The molecule has 1 rings (SSSR count). The van der Waals surface area contributed by atoms with Gasteiger partial charge < -0.3 is 11.1 Å².